The summed E-state index contributed by atoms with van der Waals surface area (Å²) in [7, 11) is 0. The largest absolute Gasteiger partial charge is 0.336 e. The third-order valence-corrected chi connectivity index (χ3v) is 2.63. The molecule has 1 aromatic carbocycles. The van der Waals surface area contributed by atoms with Crippen LogP contribution in [0.4, 0.5) is 10.5 Å². The van der Waals surface area contributed by atoms with Crippen molar-refractivity contribution in [1.29, 1.82) is 0 Å². The van der Waals surface area contributed by atoms with Crippen molar-refractivity contribution in [2.24, 2.45) is 0 Å². The van der Waals surface area contributed by atoms with Crippen molar-refractivity contribution in [2.75, 3.05) is 11.9 Å². The minimum atomic E-state index is -0.328. The average molecular weight is 273 g/mol. The molecular formula is C13H15N5O2. The molecule has 0 saturated heterocycles. The maximum Gasteiger partial charge on any atom is 0.319 e. The first-order valence-electron chi connectivity index (χ1n) is 6.15. The Hall–Kier alpha value is -2.70. The number of nitrogens with one attached hydrogen (secondary N) is 2. The van der Waals surface area contributed by atoms with Crippen molar-refractivity contribution >= 4 is 17.5 Å². The van der Waals surface area contributed by atoms with Crippen LogP contribution in [0.5, 0.6) is 0 Å². The SMILES string of the molecule is CC(=O)c1cccc(NC(=O)NCCn2ccnn2)c1. The quantitative estimate of drug-likeness (QED) is 0.804. The van der Waals surface area contributed by atoms with Gasteiger partial charge in [-0.05, 0) is 19.1 Å². The van der Waals surface area contributed by atoms with Crippen LogP contribution in [-0.2, 0) is 6.54 Å². The molecule has 2 amide bonds. The number of urea groups is 1. The molecule has 7 heteroatoms. The van der Waals surface area contributed by atoms with Crippen molar-refractivity contribution in [3.8, 4) is 0 Å². The van der Waals surface area contributed by atoms with E-state index in [1.807, 2.05) is 0 Å². The molecule has 0 aliphatic heterocycles. The monoisotopic (exact) mass is 273 g/mol. The number of nitrogens with zero attached hydrogens (tertiary/aromatic N) is 3. The van der Waals surface area contributed by atoms with Gasteiger partial charge < -0.3 is 10.6 Å². The minimum absolute atomic E-state index is 0.0414. The molecule has 0 unspecified atom stereocenters. The number of anilines is 1. The molecule has 0 saturated carbocycles. The first kappa shape index (κ1) is 13.7. The Morgan fingerprint density at radius 1 is 1.35 bits per heavy atom. The van der Waals surface area contributed by atoms with E-state index in [0.717, 1.165) is 0 Å². The molecular weight excluding hydrogens is 258 g/mol. The van der Waals surface area contributed by atoms with E-state index in [2.05, 4.69) is 20.9 Å². The number of ketones is 1. The molecule has 0 atom stereocenters. The third kappa shape index (κ3) is 3.91. The van der Waals surface area contributed by atoms with Crippen LogP contribution in [0.2, 0.25) is 0 Å². The molecule has 0 bridgehead atoms. The van der Waals surface area contributed by atoms with Gasteiger partial charge in [-0.1, -0.05) is 17.3 Å². The van der Waals surface area contributed by atoms with Crippen LogP contribution >= 0.6 is 0 Å². The Morgan fingerprint density at radius 3 is 2.90 bits per heavy atom. The van der Waals surface area contributed by atoms with Crippen molar-refractivity contribution in [1.82, 2.24) is 20.3 Å². The van der Waals surface area contributed by atoms with Gasteiger partial charge in [0.1, 0.15) is 0 Å². The van der Waals surface area contributed by atoms with Crippen LogP contribution in [0.15, 0.2) is 36.7 Å². The third-order valence-electron chi connectivity index (χ3n) is 2.63. The van der Waals surface area contributed by atoms with Crippen LogP contribution in [0.1, 0.15) is 17.3 Å². The van der Waals surface area contributed by atoms with Gasteiger partial charge in [0.25, 0.3) is 0 Å². The molecule has 104 valence electrons. The van der Waals surface area contributed by atoms with Crippen LogP contribution in [0.25, 0.3) is 0 Å². The van der Waals surface area contributed by atoms with E-state index in [1.54, 1.807) is 41.3 Å². The molecule has 1 aromatic heterocycles. The number of amides is 2. The summed E-state index contributed by atoms with van der Waals surface area (Å²) < 4.78 is 1.62. The Bertz CT molecular complexity index is 595. The highest BCUT2D eigenvalue weighted by molar-refractivity contribution is 5.96. The molecule has 2 N–H and O–H groups in total. The van der Waals surface area contributed by atoms with Crippen molar-refractivity contribution < 1.29 is 9.59 Å². The van der Waals surface area contributed by atoms with E-state index in [0.29, 0.717) is 24.3 Å². The van der Waals surface area contributed by atoms with E-state index in [9.17, 15) is 9.59 Å². The summed E-state index contributed by atoms with van der Waals surface area (Å²) in [5.41, 5.74) is 1.14. The number of rotatable bonds is 5. The molecule has 20 heavy (non-hydrogen) atoms. The molecule has 0 fully saturated rings. The van der Waals surface area contributed by atoms with Crippen LogP contribution in [0.3, 0.4) is 0 Å². The highest BCUT2D eigenvalue weighted by Crippen LogP contribution is 2.10. The zero-order valence-corrected chi connectivity index (χ0v) is 11.0. The summed E-state index contributed by atoms with van der Waals surface area (Å²) in [5.74, 6) is -0.0414. The first-order chi connectivity index (χ1) is 9.65. The molecule has 0 spiro atoms. The Balaban J connectivity index is 1.82. The zero-order chi connectivity index (χ0) is 14.4. The number of carbonyl (C=O) groups is 2. The summed E-state index contributed by atoms with van der Waals surface area (Å²) in [6.45, 7) is 2.46. The zero-order valence-electron chi connectivity index (χ0n) is 11.0. The summed E-state index contributed by atoms with van der Waals surface area (Å²) in [4.78, 5) is 22.9. The number of hydrogen-bond acceptors (Lipinski definition) is 4. The number of aromatic nitrogens is 3. The van der Waals surface area contributed by atoms with Crippen molar-refractivity contribution in [2.45, 2.75) is 13.5 Å². The predicted octanol–water partition coefficient (Wildman–Crippen LogP) is 1.30. The van der Waals surface area contributed by atoms with E-state index in [4.69, 9.17) is 0 Å². The number of hydrogen-bond donors (Lipinski definition) is 2. The Labute approximate surface area is 116 Å². The van der Waals surface area contributed by atoms with E-state index in [-0.39, 0.29) is 11.8 Å². The number of Topliss-reactive ketones (excluding diaryl/α,β-unsaturated/α-hetero) is 1. The van der Waals surface area contributed by atoms with Gasteiger partial charge in [-0.3, -0.25) is 9.48 Å². The molecule has 0 aliphatic carbocycles. The molecule has 0 radical (unpaired) electrons. The maximum absolute atomic E-state index is 11.7. The fourth-order valence-electron chi connectivity index (χ4n) is 1.63. The van der Waals surface area contributed by atoms with Crippen molar-refractivity contribution in [3.63, 3.8) is 0 Å². The Morgan fingerprint density at radius 2 is 2.20 bits per heavy atom. The van der Waals surface area contributed by atoms with Crippen LogP contribution in [-0.4, -0.2) is 33.4 Å². The maximum atomic E-state index is 11.7. The summed E-state index contributed by atoms with van der Waals surface area (Å²) >= 11 is 0. The van der Waals surface area contributed by atoms with Gasteiger partial charge in [0.2, 0.25) is 0 Å². The summed E-state index contributed by atoms with van der Waals surface area (Å²) in [6.07, 6.45) is 3.29. The smallest absolute Gasteiger partial charge is 0.319 e. The molecule has 2 aromatic rings. The second-order valence-corrected chi connectivity index (χ2v) is 4.18. The summed E-state index contributed by atoms with van der Waals surface area (Å²) in [5, 5.41) is 12.8. The molecule has 2 rings (SSSR count). The molecule has 0 aliphatic rings. The first-order valence-corrected chi connectivity index (χ1v) is 6.15. The van der Waals surface area contributed by atoms with Crippen LogP contribution < -0.4 is 10.6 Å². The highest BCUT2D eigenvalue weighted by Gasteiger charge is 2.04. The van der Waals surface area contributed by atoms with Gasteiger partial charge in [0.05, 0.1) is 12.7 Å². The fraction of sp³-hybridized carbons (Fsp3) is 0.231. The fourth-order valence-corrected chi connectivity index (χ4v) is 1.63. The van der Waals surface area contributed by atoms with Gasteiger partial charge in [-0.25, -0.2) is 4.79 Å². The van der Waals surface area contributed by atoms with Gasteiger partial charge in [-0.2, -0.15) is 0 Å². The number of benzene rings is 1. The minimum Gasteiger partial charge on any atom is -0.336 e. The number of carbonyl (C=O) groups excluding carboxylic acids is 2. The van der Waals surface area contributed by atoms with Crippen molar-refractivity contribution in [3.05, 3.63) is 42.2 Å². The Kier molecular flexibility index (Phi) is 4.43. The second-order valence-electron chi connectivity index (χ2n) is 4.18. The standard InChI is InChI=1S/C13H15N5O2/c1-10(19)11-3-2-4-12(9-11)16-13(20)14-5-7-18-8-6-15-17-18/h2-4,6,8-9H,5,7H2,1H3,(H2,14,16,20). The van der Waals surface area contributed by atoms with E-state index < -0.39 is 0 Å². The lowest BCUT2D eigenvalue weighted by Crippen LogP contribution is -2.31. The highest BCUT2D eigenvalue weighted by atomic mass is 16.2. The lowest BCUT2D eigenvalue weighted by atomic mass is 10.1. The average Bonchev–Trinajstić information content (AvgIpc) is 2.92. The van der Waals surface area contributed by atoms with E-state index >= 15 is 0 Å². The predicted molar refractivity (Wildman–Crippen MR) is 73.5 cm³/mol. The topological polar surface area (TPSA) is 88.9 Å². The lowest BCUT2D eigenvalue weighted by molar-refractivity contribution is 0.101. The van der Waals surface area contributed by atoms with Gasteiger partial charge >= 0.3 is 6.03 Å². The summed E-state index contributed by atoms with van der Waals surface area (Å²) in [6, 6.07) is 6.46. The lowest BCUT2D eigenvalue weighted by Gasteiger charge is -2.08. The van der Waals surface area contributed by atoms with Gasteiger partial charge in [0, 0.05) is 24.0 Å². The van der Waals surface area contributed by atoms with Crippen LogP contribution in [0, 0.1) is 0 Å². The van der Waals surface area contributed by atoms with E-state index in [1.165, 1.54) is 6.92 Å². The second kappa shape index (κ2) is 6.46. The van der Waals surface area contributed by atoms with Gasteiger partial charge in [-0.15, -0.1) is 5.10 Å². The normalized spacial score (nSPS) is 10.1. The molecule has 7 nitrogen and oxygen atoms in total. The molecule has 1 heterocycles. The van der Waals surface area contributed by atoms with Gasteiger partial charge in [0.15, 0.2) is 5.78 Å².